The van der Waals surface area contributed by atoms with Crippen LogP contribution in [0.15, 0.2) is 41.1 Å². The predicted octanol–water partition coefficient (Wildman–Crippen LogP) is 2.41. The lowest BCUT2D eigenvalue weighted by Crippen LogP contribution is -2.29. The van der Waals surface area contributed by atoms with Crippen molar-refractivity contribution in [2.75, 3.05) is 14.2 Å². The van der Waals surface area contributed by atoms with Crippen molar-refractivity contribution in [3.8, 4) is 11.5 Å². The zero-order chi connectivity index (χ0) is 14.5. The van der Waals surface area contributed by atoms with E-state index in [1.54, 1.807) is 26.6 Å². The van der Waals surface area contributed by atoms with E-state index in [0.717, 1.165) is 15.6 Å². The van der Waals surface area contributed by atoms with Crippen LogP contribution in [-0.4, -0.2) is 19.2 Å². The number of methoxy groups -OCH3 is 2. The molecule has 1 aromatic carbocycles. The SMILES string of the molecule is COc1ccc(C(NN)c2ccncc2)c(OC)c1Br. The second kappa shape index (κ2) is 6.69. The lowest BCUT2D eigenvalue weighted by atomic mass is 9.99. The highest BCUT2D eigenvalue weighted by Crippen LogP contribution is 2.40. The van der Waals surface area contributed by atoms with Crippen LogP contribution in [0.3, 0.4) is 0 Å². The normalized spacial score (nSPS) is 12.0. The lowest BCUT2D eigenvalue weighted by Gasteiger charge is -2.21. The average Bonchev–Trinajstić information content (AvgIpc) is 2.49. The van der Waals surface area contributed by atoms with E-state index in [1.807, 2.05) is 24.3 Å². The van der Waals surface area contributed by atoms with Gasteiger partial charge in [-0.25, -0.2) is 5.43 Å². The Bertz CT molecular complexity index is 578. The van der Waals surface area contributed by atoms with Crippen molar-refractivity contribution in [2.24, 2.45) is 5.84 Å². The van der Waals surface area contributed by atoms with Crippen LogP contribution in [0, 0.1) is 0 Å². The third-order valence-electron chi connectivity index (χ3n) is 3.03. The van der Waals surface area contributed by atoms with Gasteiger partial charge in [-0.1, -0.05) is 0 Å². The molecule has 20 heavy (non-hydrogen) atoms. The molecule has 3 N–H and O–H groups in total. The van der Waals surface area contributed by atoms with E-state index in [4.69, 9.17) is 15.3 Å². The molecule has 0 fully saturated rings. The first-order chi connectivity index (χ1) is 9.72. The molecule has 5 nitrogen and oxygen atoms in total. The summed E-state index contributed by atoms with van der Waals surface area (Å²) in [6.45, 7) is 0. The van der Waals surface area contributed by atoms with Crippen LogP contribution < -0.4 is 20.7 Å². The number of hydrogen-bond donors (Lipinski definition) is 2. The maximum atomic E-state index is 5.71. The molecule has 0 saturated heterocycles. The summed E-state index contributed by atoms with van der Waals surface area (Å²) in [5.41, 5.74) is 4.71. The number of aromatic nitrogens is 1. The molecule has 0 aliphatic heterocycles. The van der Waals surface area contributed by atoms with Gasteiger partial charge in [0.25, 0.3) is 0 Å². The quantitative estimate of drug-likeness (QED) is 0.647. The second-order valence-electron chi connectivity index (χ2n) is 4.08. The van der Waals surface area contributed by atoms with Crippen LogP contribution in [0.5, 0.6) is 11.5 Å². The zero-order valence-electron chi connectivity index (χ0n) is 11.3. The van der Waals surface area contributed by atoms with Crippen molar-refractivity contribution in [2.45, 2.75) is 6.04 Å². The van der Waals surface area contributed by atoms with Gasteiger partial charge in [0.05, 0.1) is 20.3 Å². The molecule has 2 rings (SSSR count). The van der Waals surface area contributed by atoms with Gasteiger partial charge in [-0.2, -0.15) is 0 Å². The van der Waals surface area contributed by atoms with E-state index in [-0.39, 0.29) is 6.04 Å². The smallest absolute Gasteiger partial charge is 0.141 e. The molecule has 0 bridgehead atoms. The van der Waals surface area contributed by atoms with Crippen molar-refractivity contribution in [1.29, 1.82) is 0 Å². The molecular formula is C14H16BrN3O2. The first kappa shape index (κ1) is 14.8. The number of hydrazine groups is 1. The van der Waals surface area contributed by atoms with E-state index in [1.165, 1.54) is 0 Å². The van der Waals surface area contributed by atoms with E-state index < -0.39 is 0 Å². The molecule has 2 aromatic rings. The minimum Gasteiger partial charge on any atom is -0.495 e. The van der Waals surface area contributed by atoms with Crippen LogP contribution in [0.4, 0.5) is 0 Å². The molecule has 106 valence electrons. The molecule has 0 saturated carbocycles. The van der Waals surface area contributed by atoms with E-state index in [2.05, 4.69) is 26.3 Å². The number of ether oxygens (including phenoxy) is 2. The Morgan fingerprint density at radius 2 is 1.85 bits per heavy atom. The van der Waals surface area contributed by atoms with Crippen LogP contribution in [-0.2, 0) is 0 Å². The van der Waals surface area contributed by atoms with Gasteiger partial charge in [0.2, 0.25) is 0 Å². The standard InChI is InChI=1S/C14H16BrN3O2/c1-19-11-4-3-10(14(20-2)12(11)15)13(18-16)9-5-7-17-8-6-9/h3-8,13,18H,16H2,1-2H3. The molecule has 0 aliphatic rings. The first-order valence-electron chi connectivity index (χ1n) is 5.99. The van der Waals surface area contributed by atoms with Gasteiger partial charge in [0.15, 0.2) is 0 Å². The van der Waals surface area contributed by atoms with Crippen LogP contribution >= 0.6 is 15.9 Å². The van der Waals surface area contributed by atoms with Gasteiger partial charge in [0.1, 0.15) is 16.0 Å². The van der Waals surface area contributed by atoms with Gasteiger partial charge in [0, 0.05) is 18.0 Å². The van der Waals surface area contributed by atoms with E-state index >= 15 is 0 Å². The summed E-state index contributed by atoms with van der Waals surface area (Å²) in [5.74, 6) is 7.10. The molecule has 1 aromatic heterocycles. The summed E-state index contributed by atoms with van der Waals surface area (Å²) in [4.78, 5) is 4.01. The topological polar surface area (TPSA) is 69.4 Å². The molecule has 6 heteroatoms. The molecule has 1 heterocycles. The number of nitrogens with one attached hydrogen (secondary N) is 1. The lowest BCUT2D eigenvalue weighted by molar-refractivity contribution is 0.383. The van der Waals surface area contributed by atoms with Crippen molar-refractivity contribution in [1.82, 2.24) is 10.4 Å². The number of nitrogens with two attached hydrogens (primary N) is 1. The summed E-state index contributed by atoms with van der Waals surface area (Å²) < 4.78 is 11.5. The minimum absolute atomic E-state index is 0.199. The Morgan fingerprint density at radius 1 is 1.15 bits per heavy atom. The number of rotatable bonds is 5. The Labute approximate surface area is 126 Å². The van der Waals surface area contributed by atoms with Gasteiger partial charge in [-0.3, -0.25) is 10.8 Å². The Hall–Kier alpha value is -1.63. The zero-order valence-corrected chi connectivity index (χ0v) is 12.8. The largest absolute Gasteiger partial charge is 0.495 e. The van der Waals surface area contributed by atoms with Gasteiger partial charge in [-0.15, -0.1) is 0 Å². The molecule has 1 unspecified atom stereocenters. The Balaban J connectivity index is 2.53. The summed E-state index contributed by atoms with van der Waals surface area (Å²) >= 11 is 3.49. The number of nitrogens with zero attached hydrogens (tertiary/aromatic N) is 1. The predicted molar refractivity (Wildman–Crippen MR) is 80.6 cm³/mol. The number of hydrogen-bond acceptors (Lipinski definition) is 5. The molecule has 0 spiro atoms. The number of halogens is 1. The van der Waals surface area contributed by atoms with Crippen molar-refractivity contribution >= 4 is 15.9 Å². The molecular weight excluding hydrogens is 322 g/mol. The summed E-state index contributed by atoms with van der Waals surface area (Å²) in [6, 6.07) is 7.40. The van der Waals surface area contributed by atoms with Crippen LogP contribution in [0.1, 0.15) is 17.2 Å². The summed E-state index contributed by atoms with van der Waals surface area (Å²) in [7, 11) is 3.23. The highest BCUT2D eigenvalue weighted by molar-refractivity contribution is 9.10. The minimum atomic E-state index is -0.199. The highest BCUT2D eigenvalue weighted by Gasteiger charge is 2.20. The van der Waals surface area contributed by atoms with E-state index in [9.17, 15) is 0 Å². The maximum absolute atomic E-state index is 5.71. The second-order valence-corrected chi connectivity index (χ2v) is 4.88. The number of pyridine rings is 1. The first-order valence-corrected chi connectivity index (χ1v) is 6.78. The van der Waals surface area contributed by atoms with Gasteiger partial charge >= 0.3 is 0 Å². The van der Waals surface area contributed by atoms with Crippen molar-refractivity contribution < 1.29 is 9.47 Å². The van der Waals surface area contributed by atoms with Crippen LogP contribution in [0.2, 0.25) is 0 Å². The fourth-order valence-corrected chi connectivity index (χ4v) is 2.75. The third-order valence-corrected chi connectivity index (χ3v) is 3.78. The number of benzene rings is 1. The van der Waals surface area contributed by atoms with Gasteiger partial charge in [-0.05, 0) is 45.8 Å². The maximum Gasteiger partial charge on any atom is 0.141 e. The Kier molecular flexibility index (Phi) is 4.94. The average molecular weight is 338 g/mol. The fraction of sp³-hybridized carbons (Fsp3) is 0.214. The molecule has 0 radical (unpaired) electrons. The van der Waals surface area contributed by atoms with Crippen LogP contribution in [0.25, 0.3) is 0 Å². The van der Waals surface area contributed by atoms with Gasteiger partial charge < -0.3 is 9.47 Å². The molecule has 0 aliphatic carbocycles. The fourth-order valence-electron chi connectivity index (χ4n) is 2.07. The van der Waals surface area contributed by atoms with E-state index in [0.29, 0.717) is 11.5 Å². The monoisotopic (exact) mass is 337 g/mol. The van der Waals surface area contributed by atoms with Crippen molar-refractivity contribution in [3.05, 3.63) is 52.3 Å². The third kappa shape index (κ3) is 2.77. The van der Waals surface area contributed by atoms with Crippen molar-refractivity contribution in [3.63, 3.8) is 0 Å². The molecule has 1 atom stereocenters. The Morgan fingerprint density at radius 3 is 2.40 bits per heavy atom. The summed E-state index contributed by atoms with van der Waals surface area (Å²) in [6.07, 6.45) is 3.45. The summed E-state index contributed by atoms with van der Waals surface area (Å²) in [5, 5.41) is 0. The molecule has 0 amide bonds. The highest BCUT2D eigenvalue weighted by atomic mass is 79.9.